The van der Waals surface area contributed by atoms with Crippen LogP contribution in [0.25, 0.3) is 0 Å². The van der Waals surface area contributed by atoms with Gasteiger partial charge in [-0.25, -0.2) is 18.1 Å². The fourth-order valence-corrected chi connectivity index (χ4v) is 3.38. The molecule has 6 nitrogen and oxygen atoms in total. The van der Waals surface area contributed by atoms with Gasteiger partial charge in [-0.05, 0) is 17.7 Å². The minimum Gasteiger partial charge on any atom is -0.392 e. The Morgan fingerprint density at radius 2 is 2.05 bits per heavy atom. The Labute approximate surface area is 125 Å². The van der Waals surface area contributed by atoms with Gasteiger partial charge in [0.15, 0.2) is 0 Å². The average molecular weight is 336 g/mol. The summed E-state index contributed by atoms with van der Waals surface area (Å²) in [4.78, 5) is 6.54. The Balaban J connectivity index is 2.29. The first kappa shape index (κ1) is 15.3. The molecule has 0 radical (unpaired) electrons. The molecule has 0 aliphatic carbocycles. The molecule has 0 saturated carbocycles. The SMILES string of the molecule is O=S(=O)(NCc1ncc[nH]1)c1cc(CO)c(Cl)cc1Cl. The Morgan fingerprint density at radius 3 is 2.65 bits per heavy atom. The number of imidazole rings is 1. The van der Waals surface area contributed by atoms with E-state index in [2.05, 4.69) is 14.7 Å². The highest BCUT2D eigenvalue weighted by molar-refractivity contribution is 7.89. The molecule has 2 rings (SSSR count). The van der Waals surface area contributed by atoms with Crippen LogP contribution in [0.4, 0.5) is 0 Å². The Bertz CT molecular complexity index is 702. The number of sulfonamides is 1. The van der Waals surface area contributed by atoms with Crippen LogP contribution in [0.15, 0.2) is 29.4 Å². The molecule has 0 fully saturated rings. The van der Waals surface area contributed by atoms with Gasteiger partial charge in [-0.2, -0.15) is 0 Å². The van der Waals surface area contributed by atoms with E-state index in [0.29, 0.717) is 5.82 Å². The van der Waals surface area contributed by atoms with E-state index < -0.39 is 10.0 Å². The van der Waals surface area contributed by atoms with Crippen molar-refractivity contribution in [3.63, 3.8) is 0 Å². The summed E-state index contributed by atoms with van der Waals surface area (Å²) < 4.78 is 26.7. The lowest BCUT2D eigenvalue weighted by molar-refractivity contribution is 0.281. The largest absolute Gasteiger partial charge is 0.392 e. The second-order valence-electron chi connectivity index (χ2n) is 3.89. The highest BCUT2D eigenvalue weighted by Gasteiger charge is 2.20. The smallest absolute Gasteiger partial charge is 0.242 e. The summed E-state index contributed by atoms with van der Waals surface area (Å²) in [6.45, 7) is -0.376. The van der Waals surface area contributed by atoms with E-state index in [9.17, 15) is 8.42 Å². The van der Waals surface area contributed by atoms with Crippen molar-refractivity contribution in [2.45, 2.75) is 18.0 Å². The first-order chi connectivity index (χ1) is 9.44. The van der Waals surface area contributed by atoms with Gasteiger partial charge in [0.05, 0.1) is 18.2 Å². The van der Waals surface area contributed by atoms with Gasteiger partial charge in [0.1, 0.15) is 10.7 Å². The molecule has 1 aromatic heterocycles. The summed E-state index contributed by atoms with van der Waals surface area (Å²) in [5, 5.41) is 9.32. The zero-order valence-electron chi connectivity index (χ0n) is 10.1. The van der Waals surface area contributed by atoms with Gasteiger partial charge < -0.3 is 10.1 Å². The third-order valence-corrected chi connectivity index (χ3v) is 4.76. The molecule has 0 saturated heterocycles. The molecule has 0 aliphatic rings. The Kier molecular flexibility index (Phi) is 4.66. The molecular formula is C11H11Cl2N3O3S. The molecule has 9 heteroatoms. The number of nitrogens with one attached hydrogen (secondary N) is 2. The summed E-state index contributed by atoms with van der Waals surface area (Å²) in [5.41, 5.74) is 0.287. The number of halogens is 2. The maximum absolute atomic E-state index is 12.2. The van der Waals surface area contributed by atoms with Gasteiger partial charge in [-0.15, -0.1) is 0 Å². The average Bonchev–Trinajstić information content (AvgIpc) is 2.89. The van der Waals surface area contributed by atoms with Crippen LogP contribution in [0.3, 0.4) is 0 Å². The van der Waals surface area contributed by atoms with Gasteiger partial charge in [0.25, 0.3) is 0 Å². The minimum atomic E-state index is -3.83. The summed E-state index contributed by atoms with van der Waals surface area (Å²) >= 11 is 11.7. The van der Waals surface area contributed by atoms with Crippen molar-refractivity contribution in [2.24, 2.45) is 0 Å². The summed E-state index contributed by atoms with van der Waals surface area (Å²) in [5.74, 6) is 0.473. The van der Waals surface area contributed by atoms with E-state index >= 15 is 0 Å². The van der Waals surface area contributed by atoms with Crippen LogP contribution in [0.2, 0.25) is 10.0 Å². The quantitative estimate of drug-likeness (QED) is 0.774. The molecule has 0 bridgehead atoms. The van der Waals surface area contributed by atoms with Crippen LogP contribution in [0.1, 0.15) is 11.4 Å². The van der Waals surface area contributed by atoms with Crippen LogP contribution in [-0.4, -0.2) is 23.5 Å². The van der Waals surface area contributed by atoms with Crippen molar-refractivity contribution >= 4 is 33.2 Å². The molecule has 3 N–H and O–H groups in total. The maximum atomic E-state index is 12.2. The molecule has 2 aromatic rings. The normalized spacial score (nSPS) is 11.8. The second kappa shape index (κ2) is 6.11. The fourth-order valence-electron chi connectivity index (χ4n) is 1.53. The first-order valence-corrected chi connectivity index (χ1v) is 7.74. The van der Waals surface area contributed by atoms with Crippen LogP contribution >= 0.6 is 23.2 Å². The van der Waals surface area contributed by atoms with Crippen LogP contribution < -0.4 is 4.72 Å². The monoisotopic (exact) mass is 335 g/mol. The highest BCUT2D eigenvalue weighted by atomic mass is 35.5. The minimum absolute atomic E-state index is 0.00273. The van der Waals surface area contributed by atoms with E-state index in [1.54, 1.807) is 6.20 Å². The molecule has 1 heterocycles. The van der Waals surface area contributed by atoms with Gasteiger partial charge in [-0.1, -0.05) is 23.2 Å². The standard InChI is InChI=1S/C11H11Cl2N3O3S/c12-8-4-9(13)10(3-7(8)6-17)20(18,19)16-5-11-14-1-2-15-11/h1-4,16-17H,5-6H2,(H,14,15). The number of aromatic amines is 1. The van der Waals surface area contributed by atoms with Gasteiger partial charge in [-0.3, -0.25) is 0 Å². The molecule has 1 aromatic carbocycles. The van der Waals surface area contributed by atoms with Crippen LogP contribution in [0, 0.1) is 0 Å². The zero-order valence-corrected chi connectivity index (χ0v) is 12.4. The zero-order chi connectivity index (χ0) is 14.8. The fraction of sp³-hybridized carbons (Fsp3) is 0.182. The summed E-state index contributed by atoms with van der Waals surface area (Å²) in [6.07, 6.45) is 3.10. The predicted molar refractivity (Wildman–Crippen MR) is 75.0 cm³/mol. The Morgan fingerprint density at radius 1 is 1.30 bits per heavy atom. The van der Waals surface area contributed by atoms with E-state index in [0.717, 1.165) is 0 Å². The number of aromatic nitrogens is 2. The van der Waals surface area contributed by atoms with Crippen LogP contribution in [0.5, 0.6) is 0 Å². The molecule has 0 aliphatic heterocycles. The lowest BCUT2D eigenvalue weighted by atomic mass is 10.2. The lowest BCUT2D eigenvalue weighted by Gasteiger charge is -2.10. The van der Waals surface area contributed by atoms with Crippen molar-refractivity contribution in [1.82, 2.24) is 14.7 Å². The van der Waals surface area contributed by atoms with E-state index in [-0.39, 0.29) is 33.7 Å². The van der Waals surface area contributed by atoms with Crippen molar-refractivity contribution in [1.29, 1.82) is 0 Å². The predicted octanol–water partition coefficient (Wildman–Crippen LogP) is 1.69. The van der Waals surface area contributed by atoms with Gasteiger partial charge >= 0.3 is 0 Å². The maximum Gasteiger partial charge on any atom is 0.242 e. The number of H-pyrrole nitrogens is 1. The second-order valence-corrected chi connectivity index (χ2v) is 6.44. The molecule has 0 spiro atoms. The molecule has 0 amide bonds. The topological polar surface area (TPSA) is 95.1 Å². The van der Waals surface area contributed by atoms with Gasteiger partial charge in [0.2, 0.25) is 10.0 Å². The van der Waals surface area contributed by atoms with Gasteiger partial charge in [0, 0.05) is 17.4 Å². The van der Waals surface area contributed by atoms with Crippen molar-refractivity contribution in [3.8, 4) is 0 Å². The molecule has 0 atom stereocenters. The first-order valence-electron chi connectivity index (χ1n) is 5.50. The molecular weight excluding hydrogens is 325 g/mol. The van der Waals surface area contributed by atoms with Crippen LogP contribution in [-0.2, 0) is 23.2 Å². The molecule has 108 valence electrons. The third kappa shape index (κ3) is 3.31. The third-order valence-electron chi connectivity index (χ3n) is 2.55. The number of nitrogens with zero attached hydrogens (tertiary/aromatic N) is 1. The number of hydrogen-bond donors (Lipinski definition) is 3. The number of benzene rings is 1. The van der Waals surface area contributed by atoms with E-state index in [4.69, 9.17) is 28.3 Å². The number of hydrogen-bond acceptors (Lipinski definition) is 4. The van der Waals surface area contributed by atoms with Crippen molar-refractivity contribution in [2.75, 3.05) is 0 Å². The van der Waals surface area contributed by atoms with E-state index in [1.807, 2.05) is 0 Å². The number of aliphatic hydroxyl groups excluding tert-OH is 1. The van der Waals surface area contributed by atoms with E-state index in [1.165, 1.54) is 18.3 Å². The van der Waals surface area contributed by atoms with Crippen molar-refractivity contribution in [3.05, 3.63) is 46.0 Å². The number of rotatable bonds is 5. The summed E-state index contributed by atoms with van der Waals surface area (Å²) in [6, 6.07) is 2.53. The summed E-state index contributed by atoms with van der Waals surface area (Å²) in [7, 11) is -3.83. The van der Waals surface area contributed by atoms with Crippen molar-refractivity contribution < 1.29 is 13.5 Å². The lowest BCUT2D eigenvalue weighted by Crippen LogP contribution is -2.24. The molecule has 20 heavy (non-hydrogen) atoms. The Hall–Kier alpha value is -1.12. The highest BCUT2D eigenvalue weighted by Crippen LogP contribution is 2.28. The molecule has 0 unspecified atom stereocenters. The number of aliphatic hydroxyl groups is 1.